The normalized spacial score (nSPS) is 10.1. The van der Waals surface area contributed by atoms with Crippen LogP contribution >= 0.6 is 11.3 Å². The van der Waals surface area contributed by atoms with E-state index in [0.717, 1.165) is 16.5 Å². The number of rotatable bonds is 5. The van der Waals surface area contributed by atoms with Crippen LogP contribution in [-0.4, -0.2) is 17.9 Å². The number of hydrogen-bond donors (Lipinski definition) is 0. The second kappa shape index (κ2) is 5.64. The Balaban J connectivity index is 1.95. The second-order valence-electron chi connectivity index (χ2n) is 3.65. The van der Waals surface area contributed by atoms with Crippen LogP contribution in [0.1, 0.15) is 22.4 Å². The van der Waals surface area contributed by atoms with E-state index in [1.807, 2.05) is 24.3 Å². The van der Waals surface area contributed by atoms with E-state index in [4.69, 9.17) is 9.47 Å². The monoisotopic (exact) mass is 263 g/mol. The Kier molecular flexibility index (Phi) is 3.94. The first-order valence-corrected chi connectivity index (χ1v) is 6.29. The molecule has 0 unspecified atom stereocenters. The number of aromatic nitrogens is 1. The van der Waals surface area contributed by atoms with E-state index < -0.39 is 0 Å². The van der Waals surface area contributed by atoms with Crippen molar-refractivity contribution < 1.29 is 14.3 Å². The molecule has 0 N–H and O–H groups in total. The van der Waals surface area contributed by atoms with E-state index >= 15 is 0 Å². The van der Waals surface area contributed by atoms with E-state index in [2.05, 4.69) is 4.98 Å². The highest BCUT2D eigenvalue weighted by Gasteiger charge is 2.06. The summed E-state index contributed by atoms with van der Waals surface area (Å²) in [5.41, 5.74) is 0.494. The number of hydrogen-bond acceptors (Lipinski definition) is 5. The Hall–Kier alpha value is -1.88. The van der Waals surface area contributed by atoms with Gasteiger partial charge in [0.05, 0.1) is 7.11 Å². The fraction of sp³-hybridized carbons (Fsp3) is 0.231. The predicted octanol–water partition coefficient (Wildman–Crippen LogP) is 2.93. The molecule has 0 saturated carbocycles. The molecular weight excluding hydrogens is 250 g/mol. The third kappa shape index (κ3) is 3.07. The highest BCUT2D eigenvalue weighted by Crippen LogP contribution is 2.19. The van der Waals surface area contributed by atoms with Crippen LogP contribution in [-0.2, 0) is 6.61 Å². The highest BCUT2D eigenvalue weighted by molar-refractivity contribution is 7.09. The molecule has 94 valence electrons. The van der Waals surface area contributed by atoms with Gasteiger partial charge in [0.2, 0.25) is 0 Å². The van der Waals surface area contributed by atoms with Crippen molar-refractivity contribution in [2.24, 2.45) is 0 Å². The first-order chi connectivity index (χ1) is 8.69. The van der Waals surface area contributed by atoms with Gasteiger partial charge in [-0.05, 0) is 24.3 Å². The van der Waals surface area contributed by atoms with Crippen LogP contribution in [0.5, 0.6) is 11.5 Å². The van der Waals surface area contributed by atoms with Crippen LogP contribution < -0.4 is 9.47 Å². The molecule has 1 aromatic heterocycles. The fourth-order valence-corrected chi connectivity index (χ4v) is 2.10. The highest BCUT2D eigenvalue weighted by atomic mass is 32.1. The number of thiazole rings is 1. The summed E-state index contributed by atoms with van der Waals surface area (Å²) in [5, 5.41) is 2.53. The lowest BCUT2D eigenvalue weighted by molar-refractivity contribution is 0.101. The van der Waals surface area contributed by atoms with Crippen LogP contribution in [0, 0.1) is 0 Å². The van der Waals surface area contributed by atoms with Crippen molar-refractivity contribution in [2.45, 2.75) is 13.5 Å². The van der Waals surface area contributed by atoms with Gasteiger partial charge in [-0.3, -0.25) is 4.79 Å². The summed E-state index contributed by atoms with van der Waals surface area (Å²) in [6.07, 6.45) is 0. The molecule has 2 aromatic rings. The number of Topliss-reactive ketones (excluding diaryl/α,β-unsaturated/α-hetero) is 1. The molecule has 18 heavy (non-hydrogen) atoms. The standard InChI is InChI=1S/C13H13NO3S/c1-9(15)12-8-18-13(14-12)7-17-11-5-3-10(16-2)4-6-11/h3-6,8H,7H2,1-2H3. The van der Waals surface area contributed by atoms with Gasteiger partial charge in [-0.25, -0.2) is 4.98 Å². The molecule has 0 spiro atoms. The SMILES string of the molecule is COc1ccc(OCc2nc(C(C)=O)cs2)cc1. The lowest BCUT2D eigenvalue weighted by Gasteiger charge is -2.04. The summed E-state index contributed by atoms with van der Waals surface area (Å²) >= 11 is 1.42. The zero-order valence-corrected chi connectivity index (χ0v) is 11.0. The maximum atomic E-state index is 11.1. The molecule has 0 aliphatic rings. The van der Waals surface area contributed by atoms with E-state index in [9.17, 15) is 4.79 Å². The molecule has 0 fully saturated rings. The average molecular weight is 263 g/mol. The van der Waals surface area contributed by atoms with E-state index in [0.29, 0.717) is 12.3 Å². The third-order valence-corrected chi connectivity index (χ3v) is 3.16. The number of nitrogens with zero attached hydrogens (tertiary/aromatic N) is 1. The molecule has 5 heteroatoms. The third-order valence-electron chi connectivity index (χ3n) is 2.33. The van der Waals surface area contributed by atoms with Crippen molar-refractivity contribution in [1.82, 2.24) is 4.98 Å². The molecule has 1 aromatic carbocycles. The number of carbonyl (C=O) groups excluding carboxylic acids is 1. The second-order valence-corrected chi connectivity index (χ2v) is 4.59. The summed E-state index contributed by atoms with van der Waals surface area (Å²) in [5.74, 6) is 1.51. The predicted molar refractivity (Wildman–Crippen MR) is 69.4 cm³/mol. The van der Waals surface area contributed by atoms with E-state index in [1.54, 1.807) is 12.5 Å². The first kappa shape index (κ1) is 12.6. The topological polar surface area (TPSA) is 48.4 Å². The molecule has 0 amide bonds. The van der Waals surface area contributed by atoms with Gasteiger partial charge >= 0.3 is 0 Å². The Morgan fingerprint density at radius 2 is 1.94 bits per heavy atom. The molecule has 1 heterocycles. The molecular formula is C13H13NO3S. The smallest absolute Gasteiger partial charge is 0.178 e. The van der Waals surface area contributed by atoms with Crippen molar-refractivity contribution >= 4 is 17.1 Å². The number of methoxy groups -OCH3 is 1. The zero-order valence-electron chi connectivity index (χ0n) is 10.2. The minimum Gasteiger partial charge on any atom is -0.497 e. The van der Waals surface area contributed by atoms with Crippen LogP contribution in [0.3, 0.4) is 0 Å². The number of benzene rings is 1. The quantitative estimate of drug-likeness (QED) is 0.778. The van der Waals surface area contributed by atoms with Crippen LogP contribution in [0.25, 0.3) is 0 Å². The Bertz CT molecular complexity index is 533. The molecule has 0 aliphatic heterocycles. The minimum atomic E-state index is -0.0260. The maximum Gasteiger partial charge on any atom is 0.178 e. The molecule has 0 aliphatic carbocycles. The number of ketones is 1. The van der Waals surface area contributed by atoms with E-state index in [-0.39, 0.29) is 5.78 Å². The van der Waals surface area contributed by atoms with Gasteiger partial charge in [0.25, 0.3) is 0 Å². The number of ether oxygens (including phenoxy) is 2. The van der Waals surface area contributed by atoms with Gasteiger partial charge in [-0.1, -0.05) is 0 Å². The van der Waals surface area contributed by atoms with Gasteiger partial charge in [-0.15, -0.1) is 11.3 Å². The van der Waals surface area contributed by atoms with Crippen LogP contribution in [0.2, 0.25) is 0 Å². The zero-order chi connectivity index (χ0) is 13.0. The molecule has 0 radical (unpaired) electrons. The summed E-state index contributed by atoms with van der Waals surface area (Å²) < 4.78 is 10.6. The minimum absolute atomic E-state index is 0.0260. The average Bonchev–Trinajstić information content (AvgIpc) is 2.86. The summed E-state index contributed by atoms with van der Waals surface area (Å²) in [6, 6.07) is 7.33. The molecule has 0 bridgehead atoms. The van der Waals surface area contributed by atoms with Gasteiger partial charge in [0.1, 0.15) is 28.8 Å². The van der Waals surface area contributed by atoms with Crippen molar-refractivity contribution in [3.63, 3.8) is 0 Å². The van der Waals surface area contributed by atoms with E-state index in [1.165, 1.54) is 18.3 Å². The Labute approximate surface area is 109 Å². The summed E-state index contributed by atoms with van der Waals surface area (Å²) in [6.45, 7) is 1.87. The lowest BCUT2D eigenvalue weighted by atomic mass is 10.3. The first-order valence-electron chi connectivity index (χ1n) is 5.41. The molecule has 0 atom stereocenters. The summed E-state index contributed by atoms with van der Waals surface area (Å²) in [7, 11) is 1.62. The Morgan fingerprint density at radius 1 is 1.28 bits per heavy atom. The van der Waals surface area contributed by atoms with Gasteiger partial charge in [-0.2, -0.15) is 0 Å². The van der Waals surface area contributed by atoms with Gasteiger partial charge in [0, 0.05) is 12.3 Å². The largest absolute Gasteiger partial charge is 0.497 e. The lowest BCUT2D eigenvalue weighted by Crippen LogP contribution is -1.97. The van der Waals surface area contributed by atoms with Gasteiger partial charge in [0.15, 0.2) is 5.78 Å². The molecule has 4 nitrogen and oxygen atoms in total. The van der Waals surface area contributed by atoms with Crippen LogP contribution in [0.15, 0.2) is 29.6 Å². The van der Waals surface area contributed by atoms with Gasteiger partial charge < -0.3 is 9.47 Å². The van der Waals surface area contributed by atoms with Crippen molar-refractivity contribution in [1.29, 1.82) is 0 Å². The fourth-order valence-electron chi connectivity index (χ4n) is 1.36. The van der Waals surface area contributed by atoms with Crippen molar-refractivity contribution in [3.8, 4) is 11.5 Å². The van der Waals surface area contributed by atoms with Crippen LogP contribution in [0.4, 0.5) is 0 Å². The van der Waals surface area contributed by atoms with Crippen molar-refractivity contribution in [3.05, 3.63) is 40.3 Å². The molecule has 2 rings (SSSR count). The molecule has 0 saturated heterocycles. The summed E-state index contributed by atoms with van der Waals surface area (Å²) in [4.78, 5) is 15.3. The number of carbonyl (C=O) groups is 1. The Morgan fingerprint density at radius 3 is 2.50 bits per heavy atom. The van der Waals surface area contributed by atoms with Crippen molar-refractivity contribution in [2.75, 3.05) is 7.11 Å². The maximum absolute atomic E-state index is 11.1.